The summed E-state index contributed by atoms with van der Waals surface area (Å²) in [5.41, 5.74) is 3.27. The number of hydrogen-bond donors (Lipinski definition) is 0. The van der Waals surface area contributed by atoms with E-state index in [0.29, 0.717) is 0 Å². The smallest absolute Gasteiger partial charge is 0.398 e. The first-order valence-electron chi connectivity index (χ1n) is 3.90. The molecule has 1 aromatic rings. The average molecular weight is 211 g/mol. The molecule has 0 amide bonds. The zero-order chi connectivity index (χ0) is 9.73. The zero-order valence-corrected chi connectivity index (χ0v) is 9.00. The van der Waals surface area contributed by atoms with Crippen molar-refractivity contribution in [2.24, 2.45) is 0 Å². The second kappa shape index (κ2) is 4.30. The van der Waals surface area contributed by atoms with E-state index in [1.165, 1.54) is 0 Å². The fraction of sp³-hybridized carbons (Fsp3) is 0. The van der Waals surface area contributed by atoms with Crippen LogP contribution >= 0.6 is 11.1 Å². The van der Waals surface area contributed by atoms with Gasteiger partial charge in [-0.2, -0.15) is 0 Å². The first kappa shape index (κ1) is 10.1. The molecule has 1 rings (SSSR count). The van der Waals surface area contributed by atoms with Crippen molar-refractivity contribution in [2.75, 3.05) is 0 Å². The van der Waals surface area contributed by atoms with E-state index in [9.17, 15) is 0 Å². The Morgan fingerprint density at radius 1 is 1.15 bits per heavy atom. The van der Waals surface area contributed by atoms with Gasteiger partial charge >= 0.3 is 7.63 Å². The number of halogens is 1. The minimum atomic E-state index is -2.44. The van der Waals surface area contributed by atoms with Crippen LogP contribution in [0.4, 0.5) is 0 Å². The quantitative estimate of drug-likeness (QED) is 0.548. The average Bonchev–Trinajstić information content (AvgIpc) is 2.19. The van der Waals surface area contributed by atoms with Gasteiger partial charge in [-0.1, -0.05) is 18.2 Å². The standard InChI is InChI=1S/C10H11ClOSi/c1-3-13(11,4-2)12-10-8-6-5-7-9-10/h3-9H,1-2H2. The second-order valence-electron chi connectivity index (χ2n) is 2.52. The van der Waals surface area contributed by atoms with Gasteiger partial charge in [-0.05, 0) is 23.5 Å². The minimum Gasteiger partial charge on any atom is -0.523 e. The van der Waals surface area contributed by atoms with E-state index in [1.54, 1.807) is 11.4 Å². The summed E-state index contributed by atoms with van der Waals surface area (Å²) in [5, 5.41) is 0. The Labute approximate surface area is 84.1 Å². The van der Waals surface area contributed by atoms with Gasteiger partial charge in [0.15, 0.2) is 0 Å². The van der Waals surface area contributed by atoms with E-state index < -0.39 is 7.63 Å². The Bertz CT molecular complexity index is 289. The monoisotopic (exact) mass is 210 g/mol. The predicted molar refractivity (Wildman–Crippen MR) is 59.1 cm³/mol. The highest BCUT2D eigenvalue weighted by molar-refractivity contribution is 7.22. The van der Waals surface area contributed by atoms with Gasteiger partial charge in [0.05, 0.1) is 0 Å². The van der Waals surface area contributed by atoms with E-state index in [2.05, 4.69) is 13.2 Å². The van der Waals surface area contributed by atoms with Gasteiger partial charge in [0.1, 0.15) is 5.75 Å². The van der Waals surface area contributed by atoms with E-state index >= 15 is 0 Å². The molecule has 0 saturated carbocycles. The maximum Gasteiger partial charge on any atom is 0.398 e. The van der Waals surface area contributed by atoms with Gasteiger partial charge in [-0.25, -0.2) is 0 Å². The summed E-state index contributed by atoms with van der Waals surface area (Å²) in [6.45, 7) is 7.27. The molecule has 0 aliphatic rings. The van der Waals surface area contributed by atoms with Crippen molar-refractivity contribution in [2.45, 2.75) is 0 Å². The molecule has 13 heavy (non-hydrogen) atoms. The van der Waals surface area contributed by atoms with Crippen molar-refractivity contribution >= 4 is 18.7 Å². The van der Waals surface area contributed by atoms with Crippen molar-refractivity contribution in [3.8, 4) is 5.75 Å². The van der Waals surface area contributed by atoms with Gasteiger partial charge in [0.2, 0.25) is 0 Å². The maximum absolute atomic E-state index is 6.12. The summed E-state index contributed by atoms with van der Waals surface area (Å²) in [7, 11) is -2.44. The van der Waals surface area contributed by atoms with Crippen molar-refractivity contribution in [3.63, 3.8) is 0 Å². The molecule has 0 aliphatic heterocycles. The molecule has 0 heterocycles. The molecular weight excluding hydrogens is 200 g/mol. The fourth-order valence-electron chi connectivity index (χ4n) is 0.836. The summed E-state index contributed by atoms with van der Waals surface area (Å²) in [6, 6.07) is 9.43. The van der Waals surface area contributed by atoms with E-state index in [0.717, 1.165) is 5.75 Å². The lowest BCUT2D eigenvalue weighted by Crippen LogP contribution is -2.30. The molecule has 0 atom stereocenters. The molecule has 0 bridgehead atoms. The van der Waals surface area contributed by atoms with Crippen molar-refractivity contribution < 1.29 is 4.43 Å². The van der Waals surface area contributed by atoms with Gasteiger partial charge in [0, 0.05) is 0 Å². The second-order valence-corrected chi connectivity index (χ2v) is 6.71. The first-order valence-corrected chi connectivity index (χ1v) is 6.98. The van der Waals surface area contributed by atoms with Gasteiger partial charge in [0.25, 0.3) is 0 Å². The Kier molecular flexibility index (Phi) is 3.34. The Morgan fingerprint density at radius 3 is 2.15 bits per heavy atom. The molecule has 0 unspecified atom stereocenters. The Hall–Kier alpha value is -0.993. The molecule has 0 radical (unpaired) electrons. The molecule has 0 aromatic heterocycles. The van der Waals surface area contributed by atoms with Crippen LogP contribution in [-0.4, -0.2) is 7.63 Å². The van der Waals surface area contributed by atoms with Gasteiger partial charge in [-0.15, -0.1) is 24.2 Å². The van der Waals surface area contributed by atoms with Gasteiger partial charge < -0.3 is 4.43 Å². The van der Waals surface area contributed by atoms with Crippen LogP contribution in [0.3, 0.4) is 0 Å². The van der Waals surface area contributed by atoms with E-state index in [-0.39, 0.29) is 0 Å². The van der Waals surface area contributed by atoms with Gasteiger partial charge in [-0.3, -0.25) is 0 Å². The summed E-state index contributed by atoms with van der Waals surface area (Å²) in [4.78, 5) is 0. The molecule has 0 N–H and O–H groups in total. The van der Waals surface area contributed by atoms with Crippen LogP contribution < -0.4 is 4.43 Å². The molecule has 0 fully saturated rings. The van der Waals surface area contributed by atoms with E-state index in [4.69, 9.17) is 15.5 Å². The fourth-order valence-corrected chi connectivity index (χ4v) is 1.93. The highest BCUT2D eigenvalue weighted by Crippen LogP contribution is 2.19. The highest BCUT2D eigenvalue weighted by atomic mass is 35.6. The molecule has 68 valence electrons. The minimum absolute atomic E-state index is 0.754. The SMILES string of the molecule is C=C[Si](Cl)(C=C)Oc1ccccc1. The summed E-state index contributed by atoms with van der Waals surface area (Å²) >= 11 is 6.12. The predicted octanol–water partition coefficient (Wildman–Crippen LogP) is 3.20. The van der Waals surface area contributed by atoms with Crippen molar-refractivity contribution in [1.29, 1.82) is 0 Å². The first-order chi connectivity index (χ1) is 6.20. The van der Waals surface area contributed by atoms with Crippen LogP contribution in [0.2, 0.25) is 0 Å². The lowest BCUT2D eigenvalue weighted by molar-refractivity contribution is 0.582. The van der Waals surface area contributed by atoms with E-state index in [1.807, 2.05) is 30.3 Å². The lowest BCUT2D eigenvalue weighted by Gasteiger charge is -2.17. The van der Waals surface area contributed by atoms with Crippen LogP contribution in [0.15, 0.2) is 54.9 Å². The third kappa shape index (κ3) is 2.75. The van der Waals surface area contributed by atoms with Crippen LogP contribution in [0.5, 0.6) is 5.75 Å². The highest BCUT2D eigenvalue weighted by Gasteiger charge is 2.26. The number of rotatable bonds is 4. The lowest BCUT2D eigenvalue weighted by atomic mass is 10.3. The van der Waals surface area contributed by atoms with Crippen LogP contribution in [0.1, 0.15) is 0 Å². The maximum atomic E-state index is 6.12. The number of para-hydroxylation sites is 1. The molecule has 1 aromatic carbocycles. The topological polar surface area (TPSA) is 9.23 Å². The summed E-state index contributed by atoms with van der Waals surface area (Å²) in [5.74, 6) is 0.754. The molecule has 3 heteroatoms. The third-order valence-electron chi connectivity index (χ3n) is 1.57. The molecule has 0 saturated heterocycles. The molecule has 0 aliphatic carbocycles. The third-order valence-corrected chi connectivity index (χ3v) is 4.39. The molecule has 0 spiro atoms. The Morgan fingerprint density at radius 2 is 1.69 bits per heavy atom. The van der Waals surface area contributed by atoms with Crippen molar-refractivity contribution in [1.82, 2.24) is 0 Å². The van der Waals surface area contributed by atoms with Crippen LogP contribution in [0, 0.1) is 0 Å². The van der Waals surface area contributed by atoms with Crippen molar-refractivity contribution in [3.05, 3.63) is 54.9 Å². The van der Waals surface area contributed by atoms with Crippen LogP contribution in [0.25, 0.3) is 0 Å². The summed E-state index contributed by atoms with van der Waals surface area (Å²) < 4.78 is 5.57. The van der Waals surface area contributed by atoms with Crippen LogP contribution in [-0.2, 0) is 0 Å². The normalized spacial score (nSPS) is 10.5. The number of hydrogen-bond acceptors (Lipinski definition) is 1. The summed E-state index contributed by atoms with van der Waals surface area (Å²) in [6.07, 6.45) is 0. The molecular formula is C10H11ClOSi. The zero-order valence-electron chi connectivity index (χ0n) is 7.24. The Balaban J connectivity index is 2.79. The number of benzene rings is 1. The largest absolute Gasteiger partial charge is 0.523 e. The molecule has 1 nitrogen and oxygen atoms in total.